The van der Waals surface area contributed by atoms with E-state index < -0.39 is 66.0 Å². The van der Waals surface area contributed by atoms with E-state index in [-0.39, 0.29) is 106 Å². The highest BCUT2D eigenvalue weighted by molar-refractivity contribution is 6.31. The standard InChI is InChI=1S/C25H26ClF2N3O6.C23H24ClF2N3O4.ClH/c26-17-11-15(1-3-18(17)27)29-24(34)16-2-4-19(28)22-20(7-10-36-23(16)22)30-25(35)37-13-14-5-8-31(9-6-14)21(33)12-32;24-16-11-14(1-3-17(16)25)28-22(30)15-2-4-18(26)20-19(7-10-32-21(15)20)29-23(31)33-12-13-5-8-27-9-6-13;/h1-4,11,14,20,32H,5-10,12-13H2,(H,29,34)(H,30,35);1-4,11,13,19,27H,5-10,12H2,(H,28,30)(H,29,31);1H/t20-;19-;/m00./s1. The van der Waals surface area contributed by atoms with Crippen LogP contribution in [0.2, 0.25) is 10.0 Å². The second-order valence-corrected chi connectivity index (χ2v) is 17.7. The lowest BCUT2D eigenvalue weighted by atomic mass is 9.96. The third-order valence-electron chi connectivity index (χ3n) is 12.2. The van der Waals surface area contributed by atoms with E-state index in [0.29, 0.717) is 44.9 Å². The number of halogens is 7. The third kappa shape index (κ3) is 14.1. The molecule has 0 saturated carbocycles. The molecule has 71 heavy (non-hydrogen) atoms. The van der Waals surface area contributed by atoms with E-state index in [2.05, 4.69) is 26.6 Å². The largest absolute Gasteiger partial charge is 0.492 e. The molecule has 0 spiro atoms. The van der Waals surface area contributed by atoms with Crippen LogP contribution < -0.4 is 36.1 Å². The van der Waals surface area contributed by atoms with Gasteiger partial charge in [-0.1, -0.05) is 23.2 Å². The number of hydrogen-bond donors (Lipinski definition) is 6. The molecular formula is C48H51Cl3F4N6O10. The number of hydrogen-bond acceptors (Lipinski definition) is 11. The summed E-state index contributed by atoms with van der Waals surface area (Å²) in [5, 5.41) is 22.4. The van der Waals surface area contributed by atoms with Gasteiger partial charge in [-0.3, -0.25) is 14.4 Å². The molecule has 8 rings (SSSR count). The van der Waals surface area contributed by atoms with Crippen LogP contribution in [0.4, 0.5) is 38.5 Å². The lowest BCUT2D eigenvalue weighted by Gasteiger charge is -2.31. The van der Waals surface area contributed by atoms with Gasteiger partial charge >= 0.3 is 12.2 Å². The van der Waals surface area contributed by atoms with Gasteiger partial charge in [-0.05, 0) is 111 Å². The van der Waals surface area contributed by atoms with Crippen LogP contribution in [0.1, 0.15) is 82.5 Å². The van der Waals surface area contributed by atoms with Gasteiger partial charge in [0.1, 0.15) is 41.4 Å². The Morgan fingerprint density at radius 3 is 1.48 bits per heavy atom. The number of ether oxygens (including phenoxy) is 4. The number of benzene rings is 4. The molecular weight excluding hydrogens is 1000 g/mol. The normalized spacial score (nSPS) is 17.5. The Labute approximate surface area is 421 Å². The molecule has 0 unspecified atom stereocenters. The highest BCUT2D eigenvalue weighted by atomic mass is 35.5. The maximum Gasteiger partial charge on any atom is 0.407 e. The lowest BCUT2D eigenvalue weighted by molar-refractivity contribution is -0.135. The molecule has 6 N–H and O–H groups in total. The maximum absolute atomic E-state index is 14.8. The number of anilines is 2. The minimum Gasteiger partial charge on any atom is -0.492 e. The smallest absolute Gasteiger partial charge is 0.407 e. The number of piperidine rings is 2. The molecule has 0 radical (unpaired) electrons. The summed E-state index contributed by atoms with van der Waals surface area (Å²) in [6.07, 6.45) is 2.34. The number of alkyl carbamates (subject to hydrolysis) is 2. The molecule has 0 aromatic heterocycles. The zero-order valence-electron chi connectivity index (χ0n) is 37.9. The van der Waals surface area contributed by atoms with Crippen molar-refractivity contribution >= 4 is 76.9 Å². The Balaban J connectivity index is 0.000000231. The van der Waals surface area contributed by atoms with E-state index in [1.54, 1.807) is 4.90 Å². The number of carbonyl (C=O) groups excluding carboxylic acids is 5. The first-order valence-electron chi connectivity index (χ1n) is 22.6. The minimum absolute atomic E-state index is 0. The molecule has 4 heterocycles. The summed E-state index contributed by atoms with van der Waals surface area (Å²) in [6.45, 7) is 2.94. The van der Waals surface area contributed by atoms with E-state index in [0.717, 1.165) is 50.2 Å². The molecule has 4 aliphatic heterocycles. The molecule has 2 atom stereocenters. The van der Waals surface area contributed by atoms with Crippen molar-refractivity contribution in [3.05, 3.63) is 116 Å². The quantitative estimate of drug-likeness (QED) is 0.0786. The van der Waals surface area contributed by atoms with Crippen molar-refractivity contribution in [3.8, 4) is 11.5 Å². The summed E-state index contributed by atoms with van der Waals surface area (Å²) in [7, 11) is 0. The summed E-state index contributed by atoms with van der Waals surface area (Å²) in [4.78, 5) is 63.7. The predicted molar refractivity (Wildman–Crippen MR) is 255 cm³/mol. The number of rotatable bonds is 11. The van der Waals surface area contributed by atoms with Gasteiger partial charge < -0.3 is 55.5 Å². The number of nitrogens with one attached hydrogen (secondary N) is 5. The van der Waals surface area contributed by atoms with Crippen molar-refractivity contribution in [1.29, 1.82) is 0 Å². The molecule has 23 heteroatoms. The van der Waals surface area contributed by atoms with Gasteiger partial charge in [-0.15, -0.1) is 12.4 Å². The van der Waals surface area contributed by atoms with Crippen LogP contribution in [0.3, 0.4) is 0 Å². The fraction of sp³-hybridized carbons (Fsp3) is 0.396. The van der Waals surface area contributed by atoms with Gasteiger partial charge in [-0.25, -0.2) is 27.2 Å². The van der Waals surface area contributed by atoms with Gasteiger partial charge in [0.05, 0.1) is 70.8 Å². The first-order valence-corrected chi connectivity index (χ1v) is 23.3. The van der Waals surface area contributed by atoms with Crippen LogP contribution in [0.5, 0.6) is 11.5 Å². The number of nitrogens with zero attached hydrogens (tertiary/aromatic N) is 1. The summed E-state index contributed by atoms with van der Waals surface area (Å²) in [5.74, 6) is -3.62. The number of amides is 5. The van der Waals surface area contributed by atoms with Crippen LogP contribution in [0.25, 0.3) is 0 Å². The van der Waals surface area contributed by atoms with Gasteiger partial charge in [0.25, 0.3) is 11.8 Å². The van der Waals surface area contributed by atoms with Gasteiger partial charge in [0.15, 0.2) is 0 Å². The molecule has 16 nitrogen and oxygen atoms in total. The Kier molecular flexibility index (Phi) is 19.4. The minimum atomic E-state index is -0.784. The van der Waals surface area contributed by atoms with Crippen molar-refractivity contribution < 1.29 is 65.6 Å². The van der Waals surface area contributed by atoms with E-state index >= 15 is 0 Å². The summed E-state index contributed by atoms with van der Waals surface area (Å²) in [6, 6.07) is 10.8. The topological polar surface area (TPSA) is 206 Å². The van der Waals surface area contributed by atoms with E-state index in [9.17, 15) is 41.5 Å². The number of aliphatic hydroxyl groups excluding tert-OH is 1. The molecule has 382 valence electrons. The van der Waals surface area contributed by atoms with Crippen molar-refractivity contribution in [2.24, 2.45) is 11.8 Å². The van der Waals surface area contributed by atoms with Crippen molar-refractivity contribution in [1.82, 2.24) is 20.9 Å². The second kappa shape index (κ2) is 25.4. The Hall–Kier alpha value is -6.06. The first-order chi connectivity index (χ1) is 33.7. The molecule has 2 fully saturated rings. The van der Waals surface area contributed by atoms with E-state index in [1.807, 2.05) is 0 Å². The number of aliphatic hydroxyl groups is 1. The number of carbonyl (C=O) groups is 5. The van der Waals surface area contributed by atoms with Gasteiger partial charge in [0.2, 0.25) is 5.91 Å². The number of fused-ring (bicyclic) bond motifs is 2. The highest BCUT2D eigenvalue weighted by Gasteiger charge is 2.33. The zero-order valence-corrected chi connectivity index (χ0v) is 40.3. The van der Waals surface area contributed by atoms with Crippen LogP contribution in [0, 0.1) is 35.1 Å². The lowest BCUT2D eigenvalue weighted by Crippen LogP contribution is -2.41. The Morgan fingerprint density at radius 1 is 0.634 bits per heavy atom. The van der Waals surface area contributed by atoms with Gasteiger partial charge in [-0.2, -0.15) is 0 Å². The highest BCUT2D eigenvalue weighted by Crippen LogP contribution is 2.39. The SMILES string of the molecule is Cl.O=C(N[C@H]1CCOc2c(C(=O)Nc3ccc(F)c(Cl)c3)ccc(F)c21)OCC1CCN(C(=O)CO)CC1.O=C(N[C@H]1CCOc2c(C(=O)Nc3ccc(F)c(Cl)c3)ccc(F)c21)OCC1CCNCC1. The Morgan fingerprint density at radius 2 is 1.06 bits per heavy atom. The van der Waals surface area contributed by atoms with E-state index in [1.165, 1.54) is 36.4 Å². The van der Waals surface area contributed by atoms with Crippen molar-refractivity contribution in [2.45, 2.75) is 50.6 Å². The molecule has 0 aliphatic carbocycles. The fourth-order valence-corrected chi connectivity index (χ4v) is 8.76. The van der Waals surface area contributed by atoms with E-state index in [4.69, 9.17) is 47.3 Å². The third-order valence-corrected chi connectivity index (χ3v) is 12.8. The van der Waals surface area contributed by atoms with Crippen molar-refractivity contribution in [2.75, 3.05) is 69.8 Å². The molecule has 4 aromatic rings. The van der Waals surface area contributed by atoms with Crippen LogP contribution in [-0.4, -0.2) is 99.1 Å². The zero-order chi connectivity index (χ0) is 49.9. The fourth-order valence-electron chi connectivity index (χ4n) is 8.40. The number of likely N-dealkylation sites (tertiary alicyclic amines) is 1. The molecule has 5 amide bonds. The molecule has 2 saturated heterocycles. The molecule has 4 aromatic carbocycles. The van der Waals surface area contributed by atoms with Gasteiger partial charge in [0, 0.05) is 37.3 Å². The summed E-state index contributed by atoms with van der Waals surface area (Å²) < 4.78 is 78.3. The Bertz CT molecular complexity index is 2590. The predicted octanol–water partition coefficient (Wildman–Crippen LogP) is 8.49. The maximum atomic E-state index is 14.8. The average molecular weight is 1050 g/mol. The first kappa shape index (κ1) is 54.3. The van der Waals surface area contributed by atoms with Crippen LogP contribution in [-0.2, 0) is 14.3 Å². The van der Waals surface area contributed by atoms with Crippen LogP contribution >= 0.6 is 35.6 Å². The monoisotopic (exact) mass is 1050 g/mol. The van der Waals surface area contributed by atoms with Crippen LogP contribution in [0.15, 0.2) is 60.7 Å². The summed E-state index contributed by atoms with van der Waals surface area (Å²) in [5.41, 5.74) is 0.766. The average Bonchev–Trinajstić information content (AvgIpc) is 3.35. The summed E-state index contributed by atoms with van der Waals surface area (Å²) >= 11 is 11.5. The van der Waals surface area contributed by atoms with Crippen molar-refractivity contribution in [3.63, 3.8) is 0 Å². The molecule has 4 aliphatic rings. The molecule has 0 bridgehead atoms. The second-order valence-electron chi connectivity index (χ2n) is 16.9.